The normalized spacial score (nSPS) is 19.9. The number of amides is 1. The third-order valence-corrected chi connectivity index (χ3v) is 10.2. The van der Waals surface area contributed by atoms with Crippen LogP contribution < -0.4 is 20.3 Å². The van der Waals surface area contributed by atoms with Gasteiger partial charge in [0.05, 0.1) is 36.1 Å². The molecule has 1 amide bonds. The maximum absolute atomic E-state index is 12.9. The number of para-hydroxylation sites is 1. The Bertz CT molecular complexity index is 1920. The van der Waals surface area contributed by atoms with Crippen molar-refractivity contribution in [1.82, 2.24) is 19.4 Å². The third-order valence-electron chi connectivity index (χ3n) is 9.11. The number of carbonyl (C=O) groups is 1. The van der Waals surface area contributed by atoms with Gasteiger partial charge in [0.25, 0.3) is 0 Å². The summed E-state index contributed by atoms with van der Waals surface area (Å²) in [6, 6.07) is 12.1. The molecule has 0 bridgehead atoms. The molecule has 2 aliphatic heterocycles. The summed E-state index contributed by atoms with van der Waals surface area (Å²) < 4.78 is 33.9. The second-order valence-electron chi connectivity index (χ2n) is 12.4. The molecule has 4 heterocycles. The molecule has 2 aromatic carbocycles. The molecule has 0 unspecified atom stereocenters. The SMILES string of the molecule is C=CC(=O)Nc1cc(Nc2ncc(S(C)(=O)=O)c(-c3cn(C4CC4)c4ccccc34)n2)c(OC)cc1N1C[C@H]2CN(C)C[C@H]2C1. The summed E-state index contributed by atoms with van der Waals surface area (Å²) in [5.74, 6) is 1.54. The van der Waals surface area contributed by atoms with Gasteiger partial charge in [0.1, 0.15) is 10.6 Å². The first-order chi connectivity index (χ1) is 21.6. The number of anilines is 4. The number of nitrogens with zero attached hydrogens (tertiary/aromatic N) is 5. The van der Waals surface area contributed by atoms with Gasteiger partial charge in [-0.1, -0.05) is 24.8 Å². The van der Waals surface area contributed by atoms with E-state index in [-0.39, 0.29) is 16.8 Å². The number of benzene rings is 2. The lowest BCUT2D eigenvalue weighted by Crippen LogP contribution is -2.27. The summed E-state index contributed by atoms with van der Waals surface area (Å²) in [7, 11) is 0.0963. The third kappa shape index (κ3) is 5.53. The predicted octanol–water partition coefficient (Wildman–Crippen LogP) is 4.71. The molecule has 2 atom stereocenters. The van der Waals surface area contributed by atoms with Crippen molar-refractivity contribution in [2.45, 2.75) is 23.8 Å². The van der Waals surface area contributed by atoms with Crippen molar-refractivity contribution in [1.29, 1.82) is 0 Å². The van der Waals surface area contributed by atoms with Gasteiger partial charge in [-0.15, -0.1) is 0 Å². The summed E-state index contributed by atoms with van der Waals surface area (Å²) in [4.78, 5) is 26.4. The van der Waals surface area contributed by atoms with Crippen molar-refractivity contribution < 1.29 is 17.9 Å². The quantitative estimate of drug-likeness (QED) is 0.254. The number of hydrogen-bond donors (Lipinski definition) is 2. The lowest BCUT2D eigenvalue weighted by atomic mass is 10.0. The minimum Gasteiger partial charge on any atom is -0.494 e. The molecule has 0 spiro atoms. The first kappa shape index (κ1) is 29.3. The topological polar surface area (TPSA) is 122 Å². The molecule has 4 aromatic rings. The minimum absolute atomic E-state index is 0.0539. The standard InChI is InChI=1S/C33H37N7O4S/c1-5-31(41)35-25-12-26(29(44-3)13-28(25)39-17-20-15-38(2)16-21(20)18-39)36-33-34-14-30(45(4,42)43)32(37-33)24-19-40(22-10-11-22)27-9-7-6-8-23(24)27/h5-9,12-14,19-22H,1,10-11,15-18H2,2-4H3,(H,35,41)(H,34,36,37)/t20-,21+. The van der Waals surface area contributed by atoms with E-state index in [1.807, 2.05) is 36.5 Å². The summed E-state index contributed by atoms with van der Waals surface area (Å²) in [6.07, 6.45) is 7.94. The molecule has 1 saturated carbocycles. The lowest BCUT2D eigenvalue weighted by Gasteiger charge is -2.26. The van der Waals surface area contributed by atoms with Gasteiger partial charge < -0.3 is 29.7 Å². The second kappa shape index (κ2) is 11.2. The molecule has 0 radical (unpaired) electrons. The van der Waals surface area contributed by atoms with Crippen LogP contribution in [0.25, 0.3) is 22.2 Å². The zero-order valence-corrected chi connectivity index (χ0v) is 26.5. The number of nitrogens with one attached hydrogen (secondary N) is 2. The van der Waals surface area contributed by atoms with Crippen LogP contribution in [0.5, 0.6) is 5.75 Å². The monoisotopic (exact) mass is 627 g/mol. The van der Waals surface area contributed by atoms with Gasteiger partial charge in [0, 0.05) is 67.2 Å². The van der Waals surface area contributed by atoms with Crippen LogP contribution in [0.4, 0.5) is 23.0 Å². The molecule has 2 N–H and O–H groups in total. The molecule has 12 heteroatoms. The Morgan fingerprint density at radius 3 is 2.49 bits per heavy atom. The molecule has 11 nitrogen and oxygen atoms in total. The number of likely N-dealkylation sites (tertiary alicyclic amines) is 1. The Balaban J connectivity index is 1.29. The van der Waals surface area contributed by atoms with E-state index in [0.717, 1.165) is 61.2 Å². The molecular formula is C33H37N7O4S. The Morgan fingerprint density at radius 2 is 1.82 bits per heavy atom. The zero-order valence-electron chi connectivity index (χ0n) is 25.7. The van der Waals surface area contributed by atoms with Crippen molar-refractivity contribution in [3.8, 4) is 17.0 Å². The van der Waals surface area contributed by atoms with Crippen molar-refractivity contribution >= 4 is 49.7 Å². The average molecular weight is 628 g/mol. The van der Waals surface area contributed by atoms with Crippen molar-refractivity contribution in [2.24, 2.45) is 11.8 Å². The number of fused-ring (bicyclic) bond motifs is 2. The van der Waals surface area contributed by atoms with Gasteiger partial charge >= 0.3 is 0 Å². The largest absolute Gasteiger partial charge is 0.494 e. The summed E-state index contributed by atoms with van der Waals surface area (Å²) in [6.45, 7) is 7.50. The van der Waals surface area contributed by atoms with Crippen LogP contribution in [0.2, 0.25) is 0 Å². The molecule has 2 aromatic heterocycles. The summed E-state index contributed by atoms with van der Waals surface area (Å²) in [5, 5.41) is 7.14. The molecule has 2 saturated heterocycles. The van der Waals surface area contributed by atoms with Crippen LogP contribution in [-0.2, 0) is 14.6 Å². The number of hydrogen-bond acceptors (Lipinski definition) is 9. The second-order valence-corrected chi connectivity index (χ2v) is 14.4. The predicted molar refractivity (Wildman–Crippen MR) is 176 cm³/mol. The van der Waals surface area contributed by atoms with E-state index in [1.54, 1.807) is 7.11 Å². The van der Waals surface area contributed by atoms with Crippen LogP contribution >= 0.6 is 0 Å². The molecule has 7 rings (SSSR count). The van der Waals surface area contributed by atoms with Crippen molar-refractivity contribution in [3.05, 3.63) is 61.4 Å². The first-order valence-electron chi connectivity index (χ1n) is 15.2. The molecule has 1 aliphatic carbocycles. The highest BCUT2D eigenvalue weighted by Crippen LogP contribution is 2.44. The molecule has 234 valence electrons. The van der Waals surface area contributed by atoms with Gasteiger partial charge in [-0.05, 0) is 49.9 Å². The van der Waals surface area contributed by atoms with Crippen molar-refractivity contribution in [3.63, 3.8) is 0 Å². The fourth-order valence-electron chi connectivity index (χ4n) is 6.87. The van der Waals surface area contributed by atoms with Gasteiger partial charge in [-0.3, -0.25) is 4.79 Å². The first-order valence-corrected chi connectivity index (χ1v) is 17.0. The number of rotatable bonds is 9. The van der Waals surface area contributed by atoms with E-state index in [2.05, 4.69) is 49.7 Å². The molecule has 3 fully saturated rings. The van der Waals surface area contributed by atoms with Gasteiger partial charge in [-0.2, -0.15) is 0 Å². The summed E-state index contributed by atoms with van der Waals surface area (Å²) >= 11 is 0. The molecular weight excluding hydrogens is 590 g/mol. The van der Waals surface area contributed by atoms with Crippen LogP contribution in [0.15, 0.2) is 66.3 Å². The Labute approximate surface area is 262 Å². The fraction of sp³-hybridized carbons (Fsp3) is 0.364. The Morgan fingerprint density at radius 1 is 1.09 bits per heavy atom. The Hall–Kier alpha value is -4.42. The number of carbonyl (C=O) groups excluding carboxylic acids is 1. The van der Waals surface area contributed by atoms with Crippen LogP contribution in [-0.4, -0.2) is 80.4 Å². The summed E-state index contributed by atoms with van der Waals surface area (Å²) in [5.41, 5.74) is 4.10. The highest BCUT2D eigenvalue weighted by Gasteiger charge is 2.39. The maximum Gasteiger partial charge on any atom is 0.247 e. The number of sulfone groups is 1. The zero-order chi connectivity index (χ0) is 31.5. The molecule has 3 aliphatic rings. The lowest BCUT2D eigenvalue weighted by molar-refractivity contribution is -0.111. The van der Waals surface area contributed by atoms with E-state index < -0.39 is 9.84 Å². The van der Waals surface area contributed by atoms with Gasteiger partial charge in [-0.25, -0.2) is 18.4 Å². The smallest absolute Gasteiger partial charge is 0.247 e. The van der Waals surface area contributed by atoms with Crippen LogP contribution in [0.3, 0.4) is 0 Å². The fourth-order valence-corrected chi connectivity index (χ4v) is 7.62. The van der Waals surface area contributed by atoms with Crippen LogP contribution in [0, 0.1) is 11.8 Å². The molecule has 45 heavy (non-hydrogen) atoms. The van der Waals surface area contributed by atoms with E-state index in [9.17, 15) is 13.2 Å². The number of ether oxygens (including phenoxy) is 1. The number of methoxy groups -OCH3 is 1. The van der Waals surface area contributed by atoms with Crippen LogP contribution in [0.1, 0.15) is 18.9 Å². The van der Waals surface area contributed by atoms with Crippen molar-refractivity contribution in [2.75, 3.05) is 62.1 Å². The highest BCUT2D eigenvalue weighted by atomic mass is 32.2. The minimum atomic E-state index is -3.65. The van der Waals surface area contributed by atoms with E-state index >= 15 is 0 Å². The van der Waals surface area contributed by atoms with E-state index in [4.69, 9.17) is 9.72 Å². The number of aromatic nitrogens is 3. The van der Waals surface area contributed by atoms with E-state index in [1.165, 1.54) is 18.5 Å². The van der Waals surface area contributed by atoms with Gasteiger partial charge in [0.2, 0.25) is 11.9 Å². The average Bonchev–Trinajstić information content (AvgIpc) is 3.54. The van der Waals surface area contributed by atoms with E-state index in [0.29, 0.717) is 40.7 Å². The Kier molecular flexibility index (Phi) is 7.28. The maximum atomic E-state index is 12.9. The van der Waals surface area contributed by atoms with Gasteiger partial charge in [0.15, 0.2) is 9.84 Å². The highest BCUT2D eigenvalue weighted by molar-refractivity contribution is 7.90.